The van der Waals surface area contributed by atoms with Crippen LogP contribution < -0.4 is 5.32 Å². The third kappa shape index (κ3) is 2.83. The van der Waals surface area contributed by atoms with Gasteiger partial charge in [-0.1, -0.05) is 12.1 Å². The Morgan fingerprint density at radius 2 is 2.30 bits per heavy atom. The summed E-state index contributed by atoms with van der Waals surface area (Å²) in [6.45, 7) is 2.22. The number of hydrogen-bond donors (Lipinski definition) is 2. The molecule has 0 fully saturated rings. The normalized spacial score (nSPS) is 11.1. The van der Waals surface area contributed by atoms with Gasteiger partial charge in [-0.05, 0) is 23.1 Å². The van der Waals surface area contributed by atoms with Gasteiger partial charge in [0.25, 0.3) is 0 Å². The Morgan fingerprint density at radius 3 is 3.20 bits per heavy atom. The number of anilines is 1. The monoisotopic (exact) mass is 270 g/mol. The molecule has 0 saturated carbocycles. The Morgan fingerprint density at radius 1 is 1.35 bits per heavy atom. The summed E-state index contributed by atoms with van der Waals surface area (Å²) in [6.07, 6.45) is 5.79. The third-order valence-electron chi connectivity index (χ3n) is 3.27. The molecule has 0 aliphatic rings. The van der Waals surface area contributed by atoms with Gasteiger partial charge in [-0.25, -0.2) is 0 Å². The molecule has 0 radical (unpaired) electrons. The summed E-state index contributed by atoms with van der Waals surface area (Å²) < 4.78 is 6.91. The number of benzene rings is 1. The zero-order chi connectivity index (χ0) is 13.8. The van der Waals surface area contributed by atoms with Crippen LogP contribution in [-0.2, 0) is 17.8 Å². The summed E-state index contributed by atoms with van der Waals surface area (Å²) in [5.41, 5.74) is 3.43. The van der Waals surface area contributed by atoms with Crippen LogP contribution in [0.25, 0.3) is 10.9 Å². The highest BCUT2D eigenvalue weighted by atomic mass is 16.5. The van der Waals surface area contributed by atoms with Crippen LogP contribution in [0, 0.1) is 0 Å². The van der Waals surface area contributed by atoms with Crippen molar-refractivity contribution in [1.82, 2.24) is 14.8 Å². The summed E-state index contributed by atoms with van der Waals surface area (Å²) in [4.78, 5) is 3.23. The zero-order valence-corrected chi connectivity index (χ0v) is 11.5. The molecule has 3 rings (SSSR count). The standard InChI is InChI=1S/C15H18N4O/c1-20-7-6-19-11-14(10-18-19)17-9-12-2-3-13-4-5-16-15(13)8-12/h2-5,8,10-11,16-17H,6-7,9H2,1H3. The molecule has 0 atom stereocenters. The summed E-state index contributed by atoms with van der Waals surface area (Å²) in [5.74, 6) is 0. The molecule has 5 heteroatoms. The fourth-order valence-electron chi connectivity index (χ4n) is 2.17. The van der Waals surface area contributed by atoms with Crippen molar-refractivity contribution in [3.63, 3.8) is 0 Å². The first-order valence-electron chi connectivity index (χ1n) is 6.66. The Balaban J connectivity index is 1.62. The molecule has 0 aliphatic heterocycles. The second-order valence-electron chi connectivity index (χ2n) is 4.74. The van der Waals surface area contributed by atoms with E-state index < -0.39 is 0 Å². The molecule has 0 spiro atoms. The Kier molecular flexibility index (Phi) is 3.69. The van der Waals surface area contributed by atoms with E-state index in [4.69, 9.17) is 4.74 Å². The van der Waals surface area contributed by atoms with E-state index in [-0.39, 0.29) is 0 Å². The van der Waals surface area contributed by atoms with Gasteiger partial charge in [-0.15, -0.1) is 0 Å². The summed E-state index contributed by atoms with van der Waals surface area (Å²) in [7, 11) is 1.69. The quantitative estimate of drug-likeness (QED) is 0.724. The van der Waals surface area contributed by atoms with E-state index in [1.165, 1.54) is 16.5 Å². The lowest BCUT2D eigenvalue weighted by atomic mass is 10.1. The summed E-state index contributed by atoms with van der Waals surface area (Å²) in [5, 5.41) is 8.89. The van der Waals surface area contributed by atoms with Gasteiger partial charge in [0.05, 0.1) is 25.0 Å². The molecule has 2 heterocycles. The van der Waals surface area contributed by atoms with Crippen LogP contribution in [-0.4, -0.2) is 28.5 Å². The van der Waals surface area contributed by atoms with Crippen LogP contribution >= 0.6 is 0 Å². The van der Waals surface area contributed by atoms with Crippen LogP contribution in [0.4, 0.5) is 5.69 Å². The number of fused-ring (bicyclic) bond motifs is 1. The predicted octanol–water partition coefficient (Wildman–Crippen LogP) is 2.62. The van der Waals surface area contributed by atoms with Crippen LogP contribution in [0.2, 0.25) is 0 Å². The van der Waals surface area contributed by atoms with Crippen molar-refractivity contribution in [3.8, 4) is 0 Å². The van der Waals surface area contributed by atoms with Crippen molar-refractivity contribution in [3.05, 3.63) is 48.4 Å². The van der Waals surface area contributed by atoms with Crippen molar-refractivity contribution >= 4 is 16.6 Å². The SMILES string of the molecule is COCCn1cc(NCc2ccc3cc[nH]c3c2)cn1. The molecular weight excluding hydrogens is 252 g/mol. The Bertz CT molecular complexity index is 686. The lowest BCUT2D eigenvalue weighted by molar-refractivity contribution is 0.183. The highest BCUT2D eigenvalue weighted by Gasteiger charge is 2.00. The fourth-order valence-corrected chi connectivity index (χ4v) is 2.17. The number of H-pyrrole nitrogens is 1. The van der Waals surface area contributed by atoms with E-state index in [0.717, 1.165) is 18.8 Å². The minimum absolute atomic E-state index is 0.671. The van der Waals surface area contributed by atoms with E-state index >= 15 is 0 Å². The van der Waals surface area contributed by atoms with Crippen molar-refractivity contribution in [2.45, 2.75) is 13.1 Å². The number of rotatable bonds is 6. The largest absolute Gasteiger partial charge is 0.383 e. The van der Waals surface area contributed by atoms with Gasteiger partial charge in [0.1, 0.15) is 0 Å². The second-order valence-corrected chi connectivity index (χ2v) is 4.74. The first-order valence-corrected chi connectivity index (χ1v) is 6.66. The third-order valence-corrected chi connectivity index (χ3v) is 3.27. The molecule has 0 aliphatic carbocycles. The minimum atomic E-state index is 0.671. The number of ether oxygens (including phenoxy) is 1. The van der Waals surface area contributed by atoms with E-state index in [0.29, 0.717) is 6.61 Å². The Labute approximate surface area is 117 Å². The molecule has 0 saturated heterocycles. The van der Waals surface area contributed by atoms with E-state index in [2.05, 4.69) is 39.7 Å². The van der Waals surface area contributed by atoms with Crippen molar-refractivity contribution in [1.29, 1.82) is 0 Å². The molecule has 20 heavy (non-hydrogen) atoms. The summed E-state index contributed by atoms with van der Waals surface area (Å²) >= 11 is 0. The average molecular weight is 270 g/mol. The van der Waals surface area contributed by atoms with Crippen LogP contribution in [0.3, 0.4) is 0 Å². The molecule has 2 aromatic heterocycles. The molecular formula is C15H18N4O. The van der Waals surface area contributed by atoms with Gasteiger partial charge in [-0.2, -0.15) is 5.10 Å². The van der Waals surface area contributed by atoms with Gasteiger partial charge < -0.3 is 15.0 Å². The van der Waals surface area contributed by atoms with Crippen molar-refractivity contribution < 1.29 is 4.74 Å². The van der Waals surface area contributed by atoms with Gasteiger partial charge in [0, 0.05) is 31.6 Å². The van der Waals surface area contributed by atoms with Crippen LogP contribution in [0.5, 0.6) is 0 Å². The maximum atomic E-state index is 5.03. The Hall–Kier alpha value is -2.27. The zero-order valence-electron chi connectivity index (χ0n) is 11.5. The van der Waals surface area contributed by atoms with Gasteiger partial charge in [0.15, 0.2) is 0 Å². The van der Waals surface area contributed by atoms with E-state index in [1.807, 2.05) is 23.3 Å². The number of nitrogens with one attached hydrogen (secondary N) is 2. The number of methoxy groups -OCH3 is 1. The molecule has 0 bridgehead atoms. The lowest BCUT2D eigenvalue weighted by Crippen LogP contribution is -2.04. The highest BCUT2D eigenvalue weighted by Crippen LogP contribution is 2.15. The van der Waals surface area contributed by atoms with Crippen LogP contribution in [0.15, 0.2) is 42.9 Å². The first-order chi connectivity index (χ1) is 9.85. The average Bonchev–Trinajstić information content (AvgIpc) is 3.11. The smallest absolute Gasteiger partial charge is 0.0729 e. The van der Waals surface area contributed by atoms with Gasteiger partial charge in [-0.3, -0.25) is 4.68 Å². The number of aromatic nitrogens is 3. The van der Waals surface area contributed by atoms with E-state index in [9.17, 15) is 0 Å². The first kappa shape index (κ1) is 12.7. The number of aromatic amines is 1. The molecule has 1 aromatic carbocycles. The molecule has 3 aromatic rings. The van der Waals surface area contributed by atoms with Crippen LogP contribution in [0.1, 0.15) is 5.56 Å². The summed E-state index contributed by atoms with van der Waals surface area (Å²) in [6, 6.07) is 8.51. The van der Waals surface area contributed by atoms with Crippen molar-refractivity contribution in [2.75, 3.05) is 19.0 Å². The second kappa shape index (κ2) is 5.79. The maximum absolute atomic E-state index is 5.03. The number of nitrogens with zero attached hydrogens (tertiary/aromatic N) is 2. The fraction of sp³-hybridized carbons (Fsp3) is 0.267. The van der Waals surface area contributed by atoms with Gasteiger partial charge in [0.2, 0.25) is 0 Å². The van der Waals surface area contributed by atoms with Gasteiger partial charge >= 0.3 is 0 Å². The molecule has 0 unspecified atom stereocenters. The highest BCUT2D eigenvalue weighted by molar-refractivity contribution is 5.79. The van der Waals surface area contributed by atoms with E-state index in [1.54, 1.807) is 7.11 Å². The molecule has 0 amide bonds. The lowest BCUT2D eigenvalue weighted by Gasteiger charge is -2.04. The molecule has 5 nitrogen and oxygen atoms in total. The predicted molar refractivity (Wildman–Crippen MR) is 79.7 cm³/mol. The molecule has 2 N–H and O–H groups in total. The van der Waals surface area contributed by atoms with Crippen molar-refractivity contribution in [2.24, 2.45) is 0 Å². The topological polar surface area (TPSA) is 54.9 Å². The minimum Gasteiger partial charge on any atom is -0.383 e. The number of hydrogen-bond acceptors (Lipinski definition) is 3. The molecule has 104 valence electrons. The maximum Gasteiger partial charge on any atom is 0.0729 e.